The van der Waals surface area contributed by atoms with Crippen molar-refractivity contribution in [1.82, 2.24) is 19.9 Å². The summed E-state index contributed by atoms with van der Waals surface area (Å²) in [7, 11) is 0. The van der Waals surface area contributed by atoms with Crippen LogP contribution in [0, 0.1) is 0 Å². The van der Waals surface area contributed by atoms with Crippen LogP contribution in [0.4, 0.5) is 0 Å². The molecule has 0 spiro atoms. The first-order valence-corrected chi connectivity index (χ1v) is 6.98. The number of rotatable bonds is 6. The number of nitrogens with zero attached hydrogens (tertiary/aromatic N) is 3. The molecule has 0 radical (unpaired) electrons. The van der Waals surface area contributed by atoms with Gasteiger partial charge in [0.25, 0.3) is 5.91 Å². The van der Waals surface area contributed by atoms with Crippen molar-refractivity contribution in [3.63, 3.8) is 0 Å². The molecule has 2 aromatic rings. The average molecular weight is 293 g/mol. The maximum Gasteiger partial charge on any atom is 0.252 e. The number of amides is 1. The molecule has 0 aliphatic carbocycles. The van der Waals surface area contributed by atoms with Crippen molar-refractivity contribution >= 4 is 17.5 Å². The molecular formula is C14H17ClN4O. The number of nitrogens with one attached hydrogen (secondary N) is 1. The molecule has 5 nitrogen and oxygen atoms in total. The largest absolute Gasteiger partial charge is 0.352 e. The van der Waals surface area contributed by atoms with E-state index in [1.165, 1.54) is 6.20 Å². The number of carbonyl (C=O) groups excluding carboxylic acids is 1. The zero-order valence-electron chi connectivity index (χ0n) is 11.3. The predicted octanol–water partition coefficient (Wildman–Crippen LogP) is 2.31. The fourth-order valence-electron chi connectivity index (χ4n) is 1.92. The number of imidazole rings is 1. The lowest BCUT2D eigenvalue weighted by atomic mass is 10.2. The van der Waals surface area contributed by atoms with Crippen molar-refractivity contribution in [1.29, 1.82) is 0 Å². The number of aromatic nitrogens is 3. The Morgan fingerprint density at radius 2 is 2.25 bits per heavy atom. The van der Waals surface area contributed by atoms with Crippen LogP contribution in [0.25, 0.3) is 0 Å². The van der Waals surface area contributed by atoms with Crippen molar-refractivity contribution in [2.75, 3.05) is 6.54 Å². The van der Waals surface area contributed by atoms with E-state index in [0.717, 1.165) is 25.2 Å². The second kappa shape index (κ2) is 7.05. The van der Waals surface area contributed by atoms with Gasteiger partial charge in [-0.15, -0.1) is 0 Å². The van der Waals surface area contributed by atoms with Gasteiger partial charge in [0.05, 0.1) is 5.56 Å². The Labute approximate surface area is 123 Å². The van der Waals surface area contributed by atoms with Crippen LogP contribution in [0.5, 0.6) is 0 Å². The summed E-state index contributed by atoms with van der Waals surface area (Å²) in [6.45, 7) is 3.54. The van der Waals surface area contributed by atoms with Crippen LogP contribution in [0.1, 0.15) is 29.5 Å². The van der Waals surface area contributed by atoms with Crippen LogP contribution in [0.15, 0.2) is 30.7 Å². The van der Waals surface area contributed by atoms with Crippen LogP contribution in [0.3, 0.4) is 0 Å². The number of pyridine rings is 1. The van der Waals surface area contributed by atoms with Crippen molar-refractivity contribution in [2.45, 2.75) is 26.3 Å². The van der Waals surface area contributed by atoms with Crippen LogP contribution >= 0.6 is 11.6 Å². The average Bonchev–Trinajstić information content (AvgIpc) is 2.91. The summed E-state index contributed by atoms with van der Waals surface area (Å²) < 4.78 is 2.11. The summed E-state index contributed by atoms with van der Waals surface area (Å²) in [6, 6.07) is 3.27. The molecule has 1 amide bonds. The van der Waals surface area contributed by atoms with Gasteiger partial charge in [0.15, 0.2) is 0 Å². The van der Waals surface area contributed by atoms with Crippen LogP contribution in [-0.2, 0) is 13.0 Å². The second-order valence-electron chi connectivity index (χ2n) is 4.37. The monoisotopic (exact) mass is 292 g/mol. The summed E-state index contributed by atoms with van der Waals surface area (Å²) in [6.07, 6.45) is 7.01. The zero-order chi connectivity index (χ0) is 14.4. The van der Waals surface area contributed by atoms with Gasteiger partial charge in [-0.25, -0.2) is 9.97 Å². The van der Waals surface area contributed by atoms with Gasteiger partial charge in [-0.2, -0.15) is 0 Å². The quantitative estimate of drug-likeness (QED) is 0.656. The Morgan fingerprint density at radius 1 is 1.40 bits per heavy atom. The van der Waals surface area contributed by atoms with E-state index >= 15 is 0 Å². The molecule has 2 rings (SSSR count). The van der Waals surface area contributed by atoms with Crippen LogP contribution < -0.4 is 5.32 Å². The standard InChI is InChI=1S/C14H17ClN4O/c1-2-13-16-7-9-19(13)8-3-6-17-14(20)11-4-5-12(15)18-10-11/h4-5,7,9-10H,2-3,6,8H2,1H3,(H,17,20). The molecule has 0 fully saturated rings. The molecule has 2 aromatic heterocycles. The first-order valence-electron chi connectivity index (χ1n) is 6.60. The van der Waals surface area contributed by atoms with Gasteiger partial charge in [0.2, 0.25) is 0 Å². The van der Waals surface area contributed by atoms with Gasteiger partial charge in [-0.3, -0.25) is 4.79 Å². The zero-order valence-corrected chi connectivity index (χ0v) is 12.1. The molecule has 20 heavy (non-hydrogen) atoms. The minimum Gasteiger partial charge on any atom is -0.352 e. The molecule has 0 aliphatic rings. The van der Waals surface area contributed by atoms with E-state index in [2.05, 4.69) is 26.8 Å². The van der Waals surface area contributed by atoms with E-state index in [9.17, 15) is 4.79 Å². The lowest BCUT2D eigenvalue weighted by Crippen LogP contribution is -2.25. The molecule has 0 atom stereocenters. The first kappa shape index (κ1) is 14.5. The number of hydrogen-bond donors (Lipinski definition) is 1. The third-order valence-electron chi connectivity index (χ3n) is 2.97. The molecule has 0 bridgehead atoms. The molecule has 106 valence electrons. The van der Waals surface area contributed by atoms with Crippen molar-refractivity contribution in [3.05, 3.63) is 47.3 Å². The van der Waals surface area contributed by atoms with E-state index in [0.29, 0.717) is 17.3 Å². The highest BCUT2D eigenvalue weighted by Crippen LogP contribution is 2.05. The summed E-state index contributed by atoms with van der Waals surface area (Å²) in [5, 5.41) is 3.25. The van der Waals surface area contributed by atoms with Crippen molar-refractivity contribution < 1.29 is 4.79 Å². The summed E-state index contributed by atoms with van der Waals surface area (Å²) in [4.78, 5) is 20.0. The molecule has 0 saturated carbocycles. The molecule has 0 aromatic carbocycles. The topological polar surface area (TPSA) is 59.8 Å². The van der Waals surface area contributed by atoms with E-state index in [1.807, 2.05) is 6.20 Å². The Kier molecular flexibility index (Phi) is 5.12. The SMILES string of the molecule is CCc1nccn1CCCNC(=O)c1ccc(Cl)nc1. The third kappa shape index (κ3) is 3.81. The highest BCUT2D eigenvalue weighted by atomic mass is 35.5. The molecule has 0 unspecified atom stereocenters. The highest BCUT2D eigenvalue weighted by molar-refractivity contribution is 6.29. The van der Waals surface area contributed by atoms with E-state index in [1.54, 1.807) is 18.3 Å². The van der Waals surface area contributed by atoms with E-state index in [-0.39, 0.29) is 5.91 Å². The van der Waals surface area contributed by atoms with Crippen molar-refractivity contribution in [2.24, 2.45) is 0 Å². The van der Waals surface area contributed by atoms with E-state index < -0.39 is 0 Å². The fourth-order valence-corrected chi connectivity index (χ4v) is 2.03. The summed E-state index contributed by atoms with van der Waals surface area (Å²) >= 11 is 5.68. The fraction of sp³-hybridized carbons (Fsp3) is 0.357. The van der Waals surface area contributed by atoms with Gasteiger partial charge < -0.3 is 9.88 Å². The molecule has 0 aliphatic heterocycles. The number of aryl methyl sites for hydroxylation is 2. The minimum atomic E-state index is -0.129. The molecular weight excluding hydrogens is 276 g/mol. The molecule has 0 saturated heterocycles. The maximum absolute atomic E-state index is 11.8. The lowest BCUT2D eigenvalue weighted by Gasteiger charge is -2.07. The molecule has 2 heterocycles. The molecule has 6 heteroatoms. The summed E-state index contributed by atoms with van der Waals surface area (Å²) in [5.41, 5.74) is 0.520. The Balaban J connectivity index is 1.76. The first-order chi connectivity index (χ1) is 9.70. The van der Waals surface area contributed by atoms with Gasteiger partial charge in [-0.1, -0.05) is 18.5 Å². The normalized spacial score (nSPS) is 10.5. The van der Waals surface area contributed by atoms with Crippen LogP contribution in [0.2, 0.25) is 5.15 Å². The van der Waals surface area contributed by atoms with E-state index in [4.69, 9.17) is 11.6 Å². The Morgan fingerprint density at radius 3 is 2.95 bits per heavy atom. The number of carbonyl (C=O) groups is 1. The summed E-state index contributed by atoms with van der Waals surface area (Å²) in [5.74, 6) is 0.939. The smallest absolute Gasteiger partial charge is 0.252 e. The lowest BCUT2D eigenvalue weighted by molar-refractivity contribution is 0.0952. The van der Waals surface area contributed by atoms with Gasteiger partial charge in [-0.05, 0) is 18.6 Å². The highest BCUT2D eigenvalue weighted by Gasteiger charge is 2.05. The third-order valence-corrected chi connectivity index (χ3v) is 3.19. The Hall–Kier alpha value is -1.88. The Bertz CT molecular complexity index is 565. The number of halogens is 1. The minimum absolute atomic E-state index is 0.129. The predicted molar refractivity (Wildman–Crippen MR) is 77.8 cm³/mol. The molecule has 1 N–H and O–H groups in total. The maximum atomic E-state index is 11.8. The van der Waals surface area contributed by atoms with Crippen molar-refractivity contribution in [3.8, 4) is 0 Å². The number of hydrogen-bond acceptors (Lipinski definition) is 3. The van der Waals surface area contributed by atoms with Gasteiger partial charge in [0.1, 0.15) is 11.0 Å². The second-order valence-corrected chi connectivity index (χ2v) is 4.76. The van der Waals surface area contributed by atoms with Gasteiger partial charge >= 0.3 is 0 Å². The van der Waals surface area contributed by atoms with Crippen LogP contribution in [-0.4, -0.2) is 27.0 Å². The van der Waals surface area contributed by atoms with Gasteiger partial charge in [0, 0.05) is 38.1 Å².